The smallest absolute Gasteiger partial charge is 0.244 e. The molecule has 0 radical (unpaired) electrons. The van der Waals surface area contributed by atoms with Gasteiger partial charge in [-0.05, 0) is 28.5 Å². The quantitative estimate of drug-likeness (QED) is 0.504. The van der Waals surface area contributed by atoms with Crippen LogP contribution in [0.5, 0.6) is 5.88 Å². The molecule has 0 fully saturated rings. The Kier molecular flexibility index (Phi) is 4.45. The first-order valence-corrected chi connectivity index (χ1v) is 10.1. The molecule has 3 aromatic carbocycles. The second-order valence-electron chi connectivity index (χ2n) is 7.88. The van der Waals surface area contributed by atoms with Gasteiger partial charge in [-0.1, -0.05) is 54.6 Å². The van der Waals surface area contributed by atoms with Crippen LogP contribution in [-0.4, -0.2) is 30.2 Å². The van der Waals surface area contributed by atoms with Crippen LogP contribution in [0.4, 0.5) is 5.69 Å². The summed E-state index contributed by atoms with van der Waals surface area (Å²) < 4.78 is 5.67. The summed E-state index contributed by atoms with van der Waals surface area (Å²) in [4.78, 5) is 2.03. The molecular formula is C25H21N5O. The maximum absolute atomic E-state index is 9.92. The molecule has 0 spiro atoms. The van der Waals surface area contributed by atoms with Gasteiger partial charge in [0, 0.05) is 31.3 Å². The van der Waals surface area contributed by atoms with Gasteiger partial charge in [-0.25, -0.2) is 0 Å². The molecule has 31 heavy (non-hydrogen) atoms. The van der Waals surface area contributed by atoms with Gasteiger partial charge in [-0.2, -0.15) is 5.26 Å². The summed E-state index contributed by atoms with van der Waals surface area (Å²) in [6.07, 6.45) is 0. The van der Waals surface area contributed by atoms with Crippen molar-refractivity contribution in [2.75, 3.05) is 19.0 Å². The molecule has 0 amide bonds. The first kappa shape index (κ1) is 18.9. The predicted octanol–water partition coefficient (Wildman–Crippen LogP) is 4.94. The van der Waals surface area contributed by atoms with Crippen LogP contribution in [-0.2, 0) is 0 Å². The zero-order chi connectivity index (χ0) is 21.5. The van der Waals surface area contributed by atoms with E-state index in [1.54, 1.807) is 0 Å². The van der Waals surface area contributed by atoms with Gasteiger partial charge < -0.3 is 9.64 Å². The molecule has 0 saturated heterocycles. The fourth-order valence-corrected chi connectivity index (χ4v) is 4.31. The number of hydrogen-bond acceptors (Lipinski definition) is 5. The molecule has 1 aliphatic rings. The lowest BCUT2D eigenvalue weighted by atomic mass is 9.78. The van der Waals surface area contributed by atoms with Crippen molar-refractivity contribution in [3.05, 3.63) is 77.9 Å². The fraction of sp³-hybridized carbons (Fsp3) is 0.160. The monoisotopic (exact) mass is 407 g/mol. The molecule has 5 rings (SSSR count). The number of anilines is 1. The highest BCUT2D eigenvalue weighted by Crippen LogP contribution is 2.46. The van der Waals surface area contributed by atoms with Gasteiger partial charge in [0.25, 0.3) is 0 Å². The highest BCUT2D eigenvalue weighted by Gasteiger charge is 2.41. The summed E-state index contributed by atoms with van der Waals surface area (Å²) in [5.41, 5.74) is 4.66. The van der Waals surface area contributed by atoms with Crippen LogP contribution in [0.15, 0.2) is 66.7 Å². The normalized spacial score (nSPS) is 17.6. The minimum absolute atomic E-state index is 0.0762. The highest BCUT2D eigenvalue weighted by atomic mass is 16.5. The minimum atomic E-state index is -0.732. The van der Waals surface area contributed by atoms with Crippen molar-refractivity contribution in [3.63, 3.8) is 0 Å². The van der Waals surface area contributed by atoms with Gasteiger partial charge in [-0.15, -0.1) is 5.10 Å². The molecule has 0 aliphatic carbocycles. The Labute approximate surface area is 180 Å². The summed E-state index contributed by atoms with van der Waals surface area (Å²) in [5, 5.41) is 27.9. The number of benzene rings is 3. The lowest BCUT2D eigenvalue weighted by Gasteiger charge is -2.28. The van der Waals surface area contributed by atoms with Gasteiger partial charge in [0.2, 0.25) is 11.8 Å². The summed E-state index contributed by atoms with van der Waals surface area (Å²) >= 11 is 0. The van der Waals surface area contributed by atoms with E-state index in [9.17, 15) is 5.26 Å². The van der Waals surface area contributed by atoms with Crippen LogP contribution in [0.3, 0.4) is 0 Å². The molecule has 1 aromatic heterocycles. The number of fused-ring (bicyclic) bond motifs is 2. The molecule has 2 heterocycles. The van der Waals surface area contributed by atoms with Gasteiger partial charge >= 0.3 is 0 Å². The lowest BCUT2D eigenvalue weighted by Crippen LogP contribution is -2.30. The van der Waals surface area contributed by atoms with E-state index in [2.05, 4.69) is 34.5 Å². The number of ether oxygens (including phenoxy) is 1. The number of nitriles is 1. The van der Waals surface area contributed by atoms with E-state index in [4.69, 9.17) is 10.1 Å². The zero-order valence-corrected chi connectivity index (χ0v) is 17.3. The number of aromatic amines is 1. The van der Waals surface area contributed by atoms with Crippen molar-refractivity contribution in [3.8, 4) is 23.2 Å². The number of nitrogens with zero attached hydrogens (tertiary/aromatic N) is 3. The second kappa shape index (κ2) is 7.29. The first-order valence-electron chi connectivity index (χ1n) is 10.1. The van der Waals surface area contributed by atoms with Crippen molar-refractivity contribution in [1.82, 2.24) is 10.2 Å². The van der Waals surface area contributed by atoms with E-state index in [1.165, 1.54) is 0 Å². The summed E-state index contributed by atoms with van der Waals surface area (Å²) in [6.45, 7) is 0. The van der Waals surface area contributed by atoms with Crippen LogP contribution in [0.1, 0.15) is 17.0 Å². The Morgan fingerprint density at radius 2 is 1.77 bits per heavy atom. The average molecular weight is 407 g/mol. The third-order valence-electron chi connectivity index (χ3n) is 5.87. The Bertz CT molecular complexity index is 1330. The van der Waals surface area contributed by atoms with Crippen LogP contribution in [0, 0.1) is 22.7 Å². The van der Waals surface area contributed by atoms with Crippen molar-refractivity contribution in [1.29, 1.82) is 10.7 Å². The van der Waals surface area contributed by atoms with E-state index in [0.717, 1.165) is 38.8 Å². The van der Waals surface area contributed by atoms with Crippen molar-refractivity contribution in [2.24, 2.45) is 5.92 Å². The van der Waals surface area contributed by atoms with E-state index in [1.807, 2.05) is 67.5 Å². The molecule has 6 nitrogen and oxygen atoms in total. The highest BCUT2D eigenvalue weighted by molar-refractivity contribution is 5.97. The Balaban J connectivity index is 1.73. The minimum Gasteiger partial charge on any atom is -0.422 e. The van der Waals surface area contributed by atoms with Crippen LogP contribution >= 0.6 is 0 Å². The third kappa shape index (κ3) is 3.03. The van der Waals surface area contributed by atoms with Gasteiger partial charge in [0.05, 0.1) is 17.3 Å². The number of aromatic nitrogens is 2. The summed E-state index contributed by atoms with van der Waals surface area (Å²) in [6, 6.07) is 24.7. The number of nitrogens with one attached hydrogen (secondary N) is 2. The van der Waals surface area contributed by atoms with Gasteiger partial charge in [-0.3, -0.25) is 10.5 Å². The molecular weight excluding hydrogens is 386 g/mol. The molecule has 152 valence electrons. The molecule has 0 saturated carbocycles. The Hall–Kier alpha value is -4.11. The molecule has 1 aliphatic heterocycles. The Morgan fingerprint density at radius 3 is 2.52 bits per heavy atom. The SMILES string of the molecule is CN(C)c1ccc(C2c3c(n[nH]c3-c3cccc4ccccc34)OC(=N)C2C#N)cc1. The maximum Gasteiger partial charge on any atom is 0.244 e. The van der Waals surface area contributed by atoms with E-state index < -0.39 is 5.92 Å². The molecule has 2 N–H and O–H groups in total. The maximum atomic E-state index is 9.92. The van der Waals surface area contributed by atoms with Crippen LogP contribution < -0.4 is 9.64 Å². The first-order chi connectivity index (χ1) is 15.1. The fourth-order valence-electron chi connectivity index (χ4n) is 4.31. The molecule has 2 atom stereocenters. The molecule has 4 aromatic rings. The molecule has 0 bridgehead atoms. The number of hydrogen-bond donors (Lipinski definition) is 2. The van der Waals surface area contributed by atoms with Gasteiger partial charge in [0.1, 0.15) is 5.92 Å². The predicted molar refractivity (Wildman–Crippen MR) is 122 cm³/mol. The molecule has 2 unspecified atom stereocenters. The van der Waals surface area contributed by atoms with Crippen LogP contribution in [0.2, 0.25) is 0 Å². The average Bonchev–Trinajstić information content (AvgIpc) is 3.20. The third-order valence-corrected chi connectivity index (χ3v) is 5.87. The largest absolute Gasteiger partial charge is 0.422 e. The number of rotatable bonds is 3. The second-order valence-corrected chi connectivity index (χ2v) is 7.88. The van der Waals surface area contributed by atoms with Crippen LogP contribution in [0.25, 0.3) is 22.0 Å². The van der Waals surface area contributed by atoms with Crippen molar-refractivity contribution < 1.29 is 4.74 Å². The molecule has 6 heteroatoms. The Morgan fingerprint density at radius 1 is 1.03 bits per heavy atom. The summed E-state index contributed by atoms with van der Waals surface area (Å²) in [5.74, 6) is -0.803. The van der Waals surface area contributed by atoms with E-state index in [-0.39, 0.29) is 11.8 Å². The topological polar surface area (TPSA) is 88.8 Å². The van der Waals surface area contributed by atoms with E-state index >= 15 is 0 Å². The van der Waals surface area contributed by atoms with E-state index in [0.29, 0.717) is 5.88 Å². The van der Waals surface area contributed by atoms with Crippen molar-refractivity contribution in [2.45, 2.75) is 5.92 Å². The lowest BCUT2D eigenvalue weighted by molar-refractivity contribution is 0.437. The zero-order valence-electron chi connectivity index (χ0n) is 17.3. The standard InChI is InChI=1S/C25H21N5O/c1-30(2)17-12-10-16(11-13-17)21-20(14-26)24(27)31-25-22(21)23(28-29-25)19-9-5-7-15-6-3-4-8-18(15)19/h3-13,20-21,27H,1-2H3,(H,28,29). The van der Waals surface area contributed by atoms with Gasteiger partial charge in [0.15, 0.2) is 0 Å². The van der Waals surface area contributed by atoms with Crippen molar-refractivity contribution >= 4 is 22.4 Å². The summed E-state index contributed by atoms with van der Waals surface area (Å²) in [7, 11) is 3.98. The number of H-pyrrole nitrogens is 1.